The topological polar surface area (TPSA) is 91.8 Å². The lowest BCUT2D eigenvalue weighted by atomic mass is 10.00. The number of nitrogens with zero attached hydrogens (tertiary/aromatic N) is 2. The van der Waals surface area contributed by atoms with Crippen molar-refractivity contribution in [2.24, 2.45) is 5.92 Å². The van der Waals surface area contributed by atoms with Gasteiger partial charge in [-0.25, -0.2) is 4.79 Å². The molecule has 27 heavy (non-hydrogen) atoms. The summed E-state index contributed by atoms with van der Waals surface area (Å²) >= 11 is 0. The molecule has 150 valence electrons. The van der Waals surface area contributed by atoms with Crippen LogP contribution in [0.2, 0.25) is 0 Å². The molecular formula is C17H22F3N3O4. The van der Waals surface area contributed by atoms with Crippen LogP contribution in [0.25, 0.3) is 0 Å². The lowest BCUT2D eigenvalue weighted by molar-refractivity contribution is -0.192. The molecule has 2 fully saturated rings. The Hall–Kier alpha value is -2.20. The predicted molar refractivity (Wildman–Crippen MR) is 88.8 cm³/mol. The Balaban J connectivity index is 0.000000321. The van der Waals surface area contributed by atoms with Crippen LogP contribution in [0.15, 0.2) is 18.2 Å². The summed E-state index contributed by atoms with van der Waals surface area (Å²) in [6, 6.07) is 6.11. The first-order chi connectivity index (χ1) is 12.6. The summed E-state index contributed by atoms with van der Waals surface area (Å²) in [4.78, 5) is 27.6. The van der Waals surface area contributed by atoms with E-state index in [-0.39, 0.29) is 24.0 Å². The number of ether oxygens (including phenoxy) is 1. The highest BCUT2D eigenvalue weighted by molar-refractivity contribution is 5.79. The van der Waals surface area contributed by atoms with Crippen molar-refractivity contribution in [3.8, 4) is 0 Å². The third-order valence-electron chi connectivity index (χ3n) is 4.39. The Morgan fingerprint density at radius 1 is 1.37 bits per heavy atom. The molecule has 2 aliphatic rings. The molecule has 10 heteroatoms. The van der Waals surface area contributed by atoms with E-state index in [1.165, 1.54) is 0 Å². The molecule has 2 saturated heterocycles. The molecule has 2 N–H and O–H groups in total. The van der Waals surface area contributed by atoms with Gasteiger partial charge in [-0.05, 0) is 25.5 Å². The molecular weight excluding hydrogens is 367 g/mol. The smallest absolute Gasteiger partial charge is 0.475 e. The summed E-state index contributed by atoms with van der Waals surface area (Å²) < 4.78 is 37.6. The zero-order valence-electron chi connectivity index (χ0n) is 15.0. The number of nitrogens with one attached hydrogen (secondary N) is 1. The first kappa shape index (κ1) is 21.1. The number of fused-ring (bicyclic) bond motifs is 2. The summed E-state index contributed by atoms with van der Waals surface area (Å²) in [5.74, 6) is -2.65. The molecule has 3 unspecified atom stereocenters. The minimum Gasteiger partial charge on any atom is -0.475 e. The molecule has 0 saturated carbocycles. The standard InChI is InChI=1S/C15H21N3O2.C2HF3O2/c1-10-4-3-5-11(17-10)7-18-8-12-6-13(15(19)16-2)14(9-18)20-12;3-2(4,5)1(6)7/h3-5,12-14H,6-9H2,1-2H3,(H,16,19);(H,6,7). The maximum absolute atomic E-state index is 11.8. The van der Waals surface area contributed by atoms with Crippen molar-refractivity contribution in [1.29, 1.82) is 0 Å². The third kappa shape index (κ3) is 5.90. The first-order valence-corrected chi connectivity index (χ1v) is 8.42. The molecule has 3 rings (SSSR count). The van der Waals surface area contributed by atoms with Gasteiger partial charge in [0.25, 0.3) is 0 Å². The number of carboxylic acids is 1. The number of rotatable bonds is 3. The van der Waals surface area contributed by atoms with Gasteiger partial charge in [0.2, 0.25) is 5.91 Å². The number of morpholine rings is 1. The van der Waals surface area contributed by atoms with Gasteiger partial charge in [0.1, 0.15) is 0 Å². The number of alkyl halides is 3. The number of hydrogen-bond donors (Lipinski definition) is 2. The quantitative estimate of drug-likeness (QED) is 0.811. The average molecular weight is 389 g/mol. The number of aryl methyl sites for hydroxylation is 1. The molecule has 0 radical (unpaired) electrons. The van der Waals surface area contributed by atoms with E-state index in [1.54, 1.807) is 7.05 Å². The van der Waals surface area contributed by atoms with Crippen LogP contribution < -0.4 is 5.32 Å². The molecule has 2 aliphatic heterocycles. The van der Waals surface area contributed by atoms with Gasteiger partial charge >= 0.3 is 12.1 Å². The molecule has 3 heterocycles. The largest absolute Gasteiger partial charge is 0.490 e. The Kier molecular flexibility index (Phi) is 6.77. The molecule has 1 aromatic rings. The molecule has 2 bridgehead atoms. The number of hydrogen-bond acceptors (Lipinski definition) is 5. The molecule has 1 aromatic heterocycles. The third-order valence-corrected chi connectivity index (χ3v) is 4.39. The summed E-state index contributed by atoms with van der Waals surface area (Å²) in [6.45, 7) is 4.54. The van der Waals surface area contributed by atoms with E-state index in [4.69, 9.17) is 14.6 Å². The van der Waals surface area contributed by atoms with E-state index < -0.39 is 12.1 Å². The Morgan fingerprint density at radius 3 is 2.59 bits per heavy atom. The molecule has 0 spiro atoms. The second-order valence-corrected chi connectivity index (χ2v) is 6.52. The summed E-state index contributed by atoms with van der Waals surface area (Å²) in [5.41, 5.74) is 2.13. The van der Waals surface area contributed by atoms with Gasteiger partial charge in [-0.3, -0.25) is 14.7 Å². The van der Waals surface area contributed by atoms with E-state index >= 15 is 0 Å². The van der Waals surface area contributed by atoms with Crippen LogP contribution in [-0.4, -0.2) is 65.4 Å². The van der Waals surface area contributed by atoms with Crippen molar-refractivity contribution in [2.45, 2.75) is 38.3 Å². The molecule has 7 nitrogen and oxygen atoms in total. The highest BCUT2D eigenvalue weighted by Crippen LogP contribution is 2.32. The zero-order chi connectivity index (χ0) is 20.2. The monoisotopic (exact) mass is 389 g/mol. The molecule has 1 amide bonds. The number of pyridine rings is 1. The zero-order valence-corrected chi connectivity index (χ0v) is 15.0. The number of carbonyl (C=O) groups excluding carboxylic acids is 1. The lowest BCUT2D eigenvalue weighted by Gasteiger charge is -2.32. The van der Waals surface area contributed by atoms with Crippen LogP contribution in [0.5, 0.6) is 0 Å². The lowest BCUT2D eigenvalue weighted by Crippen LogP contribution is -2.44. The van der Waals surface area contributed by atoms with Crippen molar-refractivity contribution in [3.05, 3.63) is 29.6 Å². The maximum atomic E-state index is 11.8. The highest BCUT2D eigenvalue weighted by atomic mass is 19.4. The fraction of sp³-hybridized carbons (Fsp3) is 0.588. The summed E-state index contributed by atoms with van der Waals surface area (Å²) in [6.07, 6.45) is -4.04. The fourth-order valence-corrected chi connectivity index (χ4v) is 3.24. The summed E-state index contributed by atoms with van der Waals surface area (Å²) in [7, 11) is 1.69. The molecule has 3 atom stereocenters. The first-order valence-electron chi connectivity index (χ1n) is 8.42. The van der Waals surface area contributed by atoms with Gasteiger partial charge in [0, 0.05) is 32.4 Å². The highest BCUT2D eigenvalue weighted by Gasteiger charge is 2.44. The number of aliphatic carboxylic acids is 1. The van der Waals surface area contributed by atoms with Gasteiger partial charge < -0.3 is 15.2 Å². The Morgan fingerprint density at radius 2 is 2.04 bits per heavy atom. The van der Waals surface area contributed by atoms with Gasteiger partial charge in [-0.15, -0.1) is 0 Å². The van der Waals surface area contributed by atoms with Gasteiger partial charge in [-0.1, -0.05) is 6.07 Å². The Bertz CT molecular complexity index is 684. The van der Waals surface area contributed by atoms with Crippen LogP contribution in [0.1, 0.15) is 17.8 Å². The number of amides is 1. The number of likely N-dealkylation sites (tertiary alicyclic amines) is 1. The summed E-state index contributed by atoms with van der Waals surface area (Å²) in [5, 5.41) is 9.87. The van der Waals surface area contributed by atoms with E-state index in [1.807, 2.05) is 19.1 Å². The molecule has 0 aliphatic carbocycles. The van der Waals surface area contributed by atoms with E-state index in [2.05, 4.69) is 21.3 Å². The van der Waals surface area contributed by atoms with Gasteiger partial charge in [0.05, 0.1) is 23.8 Å². The minimum atomic E-state index is -5.08. The molecule has 0 aromatic carbocycles. The number of halogens is 3. The van der Waals surface area contributed by atoms with E-state index in [9.17, 15) is 18.0 Å². The van der Waals surface area contributed by atoms with E-state index in [0.29, 0.717) is 0 Å². The van der Waals surface area contributed by atoms with Gasteiger partial charge in [-0.2, -0.15) is 13.2 Å². The van der Waals surface area contributed by atoms with Crippen LogP contribution in [-0.2, 0) is 20.9 Å². The van der Waals surface area contributed by atoms with Crippen molar-refractivity contribution in [1.82, 2.24) is 15.2 Å². The SMILES string of the molecule is CNC(=O)C1CC2CN(Cc3cccc(C)n3)CC1O2.O=C(O)C(F)(F)F. The van der Waals surface area contributed by atoms with Crippen molar-refractivity contribution in [3.63, 3.8) is 0 Å². The fourth-order valence-electron chi connectivity index (χ4n) is 3.24. The van der Waals surface area contributed by atoms with Crippen molar-refractivity contribution >= 4 is 11.9 Å². The predicted octanol–water partition coefficient (Wildman–Crippen LogP) is 1.36. The number of carboxylic acid groups (broad SMARTS) is 1. The Labute approximate surface area is 154 Å². The second kappa shape index (κ2) is 8.66. The number of carbonyl (C=O) groups is 2. The van der Waals surface area contributed by atoms with Crippen molar-refractivity contribution in [2.75, 3.05) is 20.1 Å². The van der Waals surface area contributed by atoms with Crippen LogP contribution in [0.4, 0.5) is 13.2 Å². The minimum absolute atomic E-state index is 0.000434. The van der Waals surface area contributed by atoms with Crippen LogP contribution in [0, 0.1) is 12.8 Å². The number of aromatic nitrogens is 1. The maximum Gasteiger partial charge on any atom is 0.490 e. The van der Waals surface area contributed by atoms with Crippen LogP contribution in [0.3, 0.4) is 0 Å². The van der Waals surface area contributed by atoms with E-state index in [0.717, 1.165) is 37.4 Å². The van der Waals surface area contributed by atoms with Gasteiger partial charge in [0.15, 0.2) is 0 Å². The average Bonchev–Trinajstić information content (AvgIpc) is 2.88. The second-order valence-electron chi connectivity index (χ2n) is 6.52. The van der Waals surface area contributed by atoms with Crippen LogP contribution >= 0.6 is 0 Å². The normalized spacial score (nSPS) is 24.7. The van der Waals surface area contributed by atoms with Crippen molar-refractivity contribution < 1.29 is 32.6 Å².